The molecule has 0 saturated carbocycles. The lowest BCUT2D eigenvalue weighted by Gasteiger charge is -2.32. The van der Waals surface area contributed by atoms with Gasteiger partial charge in [0.2, 0.25) is 0 Å². The van der Waals surface area contributed by atoms with E-state index in [0.29, 0.717) is 29.2 Å². The summed E-state index contributed by atoms with van der Waals surface area (Å²) in [5.74, 6) is -0.751. The lowest BCUT2D eigenvalue weighted by Crippen LogP contribution is -2.46. The molecule has 1 N–H and O–H groups in total. The summed E-state index contributed by atoms with van der Waals surface area (Å²) in [6.07, 6.45) is 0.113. The molecule has 0 spiro atoms. The topological polar surface area (TPSA) is 73.9 Å². The summed E-state index contributed by atoms with van der Waals surface area (Å²) in [5, 5.41) is 3.36. The predicted octanol–water partition coefficient (Wildman–Crippen LogP) is 6.58. The van der Waals surface area contributed by atoms with E-state index in [1.54, 1.807) is 52.8 Å². The summed E-state index contributed by atoms with van der Waals surface area (Å²) < 4.78 is 30.7. The smallest absolute Gasteiger partial charge is 0.407 e. The summed E-state index contributed by atoms with van der Waals surface area (Å²) in [5.41, 5.74) is 0.333. The van der Waals surface area contributed by atoms with Crippen LogP contribution in [0.3, 0.4) is 0 Å². The van der Waals surface area contributed by atoms with Crippen molar-refractivity contribution in [2.45, 2.75) is 66.0 Å². The Balaban J connectivity index is 2.30. The number of esters is 1. The molecular formula is C28H37ClFNO5. The first-order valence-electron chi connectivity index (χ1n) is 12.2. The minimum atomic E-state index is -0.977. The van der Waals surface area contributed by atoms with E-state index in [4.69, 9.17) is 25.8 Å². The molecule has 0 aliphatic rings. The molecule has 6 nitrogen and oxygen atoms in total. The molecule has 0 aliphatic carbocycles. The van der Waals surface area contributed by atoms with Crippen LogP contribution in [0.2, 0.25) is 5.02 Å². The van der Waals surface area contributed by atoms with Gasteiger partial charge in [0.25, 0.3) is 0 Å². The largest absolute Gasteiger partial charge is 0.466 e. The molecule has 36 heavy (non-hydrogen) atoms. The first-order chi connectivity index (χ1) is 16.9. The fraction of sp³-hybridized carbons (Fsp3) is 0.500. The van der Waals surface area contributed by atoms with Crippen molar-refractivity contribution in [3.8, 4) is 11.1 Å². The standard InChI is InChI=1S/C28H37ClFNO5/c1-7-34-18-28(6,25(32)35-8-2)17-22(31-26(33)36-27(3,4)5)15-19-9-11-20(12-10-19)23-16-21(29)13-14-24(23)30/h9-14,16,22H,7-8,15,17-18H2,1-6H3,(H,31,33)/t22-,28?/m1/s1. The Morgan fingerprint density at radius 3 is 2.28 bits per heavy atom. The van der Waals surface area contributed by atoms with E-state index in [2.05, 4.69) is 5.32 Å². The van der Waals surface area contributed by atoms with Crippen LogP contribution >= 0.6 is 11.6 Å². The summed E-state index contributed by atoms with van der Waals surface area (Å²) in [6, 6.07) is 11.3. The van der Waals surface area contributed by atoms with Crippen molar-refractivity contribution >= 4 is 23.7 Å². The molecule has 2 atom stereocenters. The minimum Gasteiger partial charge on any atom is -0.466 e. The van der Waals surface area contributed by atoms with Gasteiger partial charge in [-0.15, -0.1) is 0 Å². The van der Waals surface area contributed by atoms with Crippen LogP contribution in [0.4, 0.5) is 9.18 Å². The molecule has 0 aliphatic heterocycles. The van der Waals surface area contributed by atoms with Gasteiger partial charge in [0.15, 0.2) is 0 Å². The summed E-state index contributed by atoms with van der Waals surface area (Å²) in [6.45, 7) is 11.6. The van der Waals surface area contributed by atoms with Crippen molar-refractivity contribution in [1.29, 1.82) is 0 Å². The molecule has 1 amide bonds. The second-order valence-electron chi connectivity index (χ2n) is 9.99. The van der Waals surface area contributed by atoms with Gasteiger partial charge in [0.1, 0.15) is 11.4 Å². The van der Waals surface area contributed by atoms with Crippen molar-refractivity contribution in [3.63, 3.8) is 0 Å². The van der Waals surface area contributed by atoms with Crippen LogP contribution in [0.15, 0.2) is 42.5 Å². The summed E-state index contributed by atoms with van der Waals surface area (Å²) in [7, 11) is 0. The van der Waals surface area contributed by atoms with Gasteiger partial charge >= 0.3 is 12.1 Å². The van der Waals surface area contributed by atoms with E-state index in [1.165, 1.54) is 12.1 Å². The van der Waals surface area contributed by atoms with Gasteiger partial charge in [-0.1, -0.05) is 35.9 Å². The van der Waals surface area contributed by atoms with Crippen molar-refractivity contribution < 1.29 is 28.2 Å². The number of amides is 1. The molecule has 2 rings (SSSR count). The van der Waals surface area contributed by atoms with Crippen molar-refractivity contribution in [2.24, 2.45) is 5.41 Å². The Morgan fingerprint density at radius 2 is 1.69 bits per heavy atom. The Morgan fingerprint density at radius 1 is 1.03 bits per heavy atom. The van der Waals surface area contributed by atoms with Crippen molar-refractivity contribution in [2.75, 3.05) is 19.8 Å². The van der Waals surface area contributed by atoms with Crippen LogP contribution in [0, 0.1) is 11.2 Å². The van der Waals surface area contributed by atoms with E-state index in [1.807, 2.05) is 19.1 Å². The third kappa shape index (κ3) is 9.10. The van der Waals surface area contributed by atoms with Gasteiger partial charge in [-0.25, -0.2) is 9.18 Å². The predicted molar refractivity (Wildman–Crippen MR) is 140 cm³/mol. The van der Waals surface area contributed by atoms with Gasteiger partial charge in [-0.05, 0) is 83.7 Å². The number of nitrogens with one attached hydrogen (secondary N) is 1. The van der Waals surface area contributed by atoms with E-state index < -0.39 is 23.2 Å². The highest BCUT2D eigenvalue weighted by atomic mass is 35.5. The average molecular weight is 522 g/mol. The quantitative estimate of drug-likeness (QED) is 0.338. The first kappa shape index (κ1) is 29.6. The number of benzene rings is 2. The average Bonchev–Trinajstić information content (AvgIpc) is 2.78. The SMILES string of the molecule is CCOCC(C)(C[C@@H](Cc1ccc(-c2cc(Cl)ccc2F)cc1)NC(=O)OC(C)(C)C)C(=O)OCC. The molecule has 0 heterocycles. The molecule has 0 fully saturated rings. The molecular weight excluding hydrogens is 485 g/mol. The van der Waals surface area contributed by atoms with Gasteiger partial charge in [0, 0.05) is 23.2 Å². The number of alkyl carbamates (subject to hydrolysis) is 1. The third-order valence-electron chi connectivity index (χ3n) is 5.49. The van der Waals surface area contributed by atoms with Gasteiger partial charge in [0.05, 0.1) is 18.6 Å². The number of ether oxygens (including phenoxy) is 3. The lowest BCUT2D eigenvalue weighted by molar-refractivity contribution is -0.159. The highest BCUT2D eigenvalue weighted by Gasteiger charge is 2.38. The maximum atomic E-state index is 14.3. The molecule has 0 bridgehead atoms. The highest BCUT2D eigenvalue weighted by Crippen LogP contribution is 2.29. The molecule has 1 unspecified atom stereocenters. The Hall–Kier alpha value is -2.64. The number of halogens is 2. The van der Waals surface area contributed by atoms with Gasteiger partial charge in [-0.2, -0.15) is 0 Å². The van der Waals surface area contributed by atoms with Crippen LogP contribution < -0.4 is 5.32 Å². The molecule has 2 aromatic rings. The number of rotatable bonds is 11. The Labute approximate surface area is 218 Å². The third-order valence-corrected chi connectivity index (χ3v) is 5.72. The van der Waals surface area contributed by atoms with Gasteiger partial charge < -0.3 is 19.5 Å². The normalized spacial score (nSPS) is 14.0. The van der Waals surface area contributed by atoms with Crippen LogP contribution in [0.25, 0.3) is 11.1 Å². The maximum Gasteiger partial charge on any atom is 0.407 e. The summed E-state index contributed by atoms with van der Waals surface area (Å²) >= 11 is 6.04. The molecule has 2 aromatic carbocycles. The monoisotopic (exact) mass is 521 g/mol. The van der Waals surface area contributed by atoms with E-state index in [9.17, 15) is 14.0 Å². The van der Waals surface area contributed by atoms with Crippen LogP contribution in [0.5, 0.6) is 0 Å². The molecule has 0 aromatic heterocycles. The minimum absolute atomic E-state index is 0.155. The molecule has 0 radical (unpaired) electrons. The van der Waals surface area contributed by atoms with E-state index in [0.717, 1.165) is 5.56 Å². The highest BCUT2D eigenvalue weighted by molar-refractivity contribution is 6.30. The molecule has 0 saturated heterocycles. The zero-order valence-electron chi connectivity index (χ0n) is 22.0. The molecule has 198 valence electrons. The zero-order chi connectivity index (χ0) is 26.9. The van der Waals surface area contributed by atoms with Crippen molar-refractivity contribution in [1.82, 2.24) is 5.32 Å². The zero-order valence-corrected chi connectivity index (χ0v) is 22.7. The fourth-order valence-corrected chi connectivity index (χ4v) is 4.02. The number of carbonyl (C=O) groups excluding carboxylic acids is 2. The summed E-state index contributed by atoms with van der Waals surface area (Å²) in [4.78, 5) is 25.5. The number of carbonyl (C=O) groups is 2. The first-order valence-corrected chi connectivity index (χ1v) is 12.5. The lowest BCUT2D eigenvalue weighted by atomic mass is 9.82. The number of hydrogen-bond donors (Lipinski definition) is 1. The fourth-order valence-electron chi connectivity index (χ4n) is 3.85. The number of hydrogen-bond acceptors (Lipinski definition) is 5. The van der Waals surface area contributed by atoms with E-state index in [-0.39, 0.29) is 31.4 Å². The van der Waals surface area contributed by atoms with E-state index >= 15 is 0 Å². The van der Waals surface area contributed by atoms with Crippen LogP contribution in [-0.4, -0.2) is 43.5 Å². The van der Waals surface area contributed by atoms with Crippen LogP contribution in [-0.2, 0) is 25.4 Å². The molecule has 8 heteroatoms. The Bertz CT molecular complexity index is 1020. The van der Waals surface area contributed by atoms with Crippen molar-refractivity contribution in [3.05, 3.63) is 58.9 Å². The maximum absolute atomic E-state index is 14.3. The van der Waals surface area contributed by atoms with Gasteiger partial charge in [-0.3, -0.25) is 4.79 Å². The second kappa shape index (κ2) is 13.1. The van der Waals surface area contributed by atoms with Crippen LogP contribution in [0.1, 0.15) is 53.5 Å². The second-order valence-corrected chi connectivity index (χ2v) is 10.4. The Kier molecular flexibility index (Phi) is 10.7.